The van der Waals surface area contributed by atoms with Crippen molar-refractivity contribution in [2.75, 3.05) is 18.7 Å². The first-order chi connectivity index (χ1) is 10.7. The van der Waals surface area contributed by atoms with Gasteiger partial charge in [0.25, 0.3) is 0 Å². The Bertz CT molecular complexity index is 579. The summed E-state index contributed by atoms with van der Waals surface area (Å²) in [5.74, 6) is 0. The van der Waals surface area contributed by atoms with E-state index in [9.17, 15) is 0 Å². The molecular formula is C20H27NO. The molecule has 118 valence electrons. The van der Waals surface area contributed by atoms with Gasteiger partial charge in [0.1, 0.15) is 0 Å². The van der Waals surface area contributed by atoms with Crippen LogP contribution in [0.1, 0.15) is 38.2 Å². The number of hydrogen-bond acceptors (Lipinski definition) is 2. The van der Waals surface area contributed by atoms with Gasteiger partial charge in [-0.25, -0.2) is 0 Å². The molecule has 2 rings (SSSR count). The minimum absolute atomic E-state index is 0.783. The molecule has 0 atom stereocenters. The average molecular weight is 297 g/mol. The lowest BCUT2D eigenvalue weighted by molar-refractivity contribution is 0.118. The molecule has 0 unspecified atom stereocenters. The summed E-state index contributed by atoms with van der Waals surface area (Å²) in [6.07, 6.45) is 4.91. The van der Waals surface area contributed by atoms with Crippen LogP contribution in [0.4, 0.5) is 5.69 Å². The predicted octanol–water partition coefficient (Wildman–Crippen LogP) is 5.61. The molecule has 0 amide bonds. The highest BCUT2D eigenvalue weighted by molar-refractivity contribution is 5.68. The van der Waals surface area contributed by atoms with Crippen LogP contribution in [0.15, 0.2) is 48.5 Å². The fourth-order valence-corrected chi connectivity index (χ4v) is 2.51. The van der Waals surface area contributed by atoms with E-state index in [0.29, 0.717) is 0 Å². The Kier molecular flexibility index (Phi) is 6.47. The van der Waals surface area contributed by atoms with Gasteiger partial charge < -0.3 is 0 Å². The van der Waals surface area contributed by atoms with E-state index in [1.165, 1.54) is 36.0 Å². The monoisotopic (exact) mass is 297 g/mol. The maximum absolute atomic E-state index is 5.82. The Balaban J connectivity index is 1.98. The minimum Gasteiger partial charge on any atom is -0.274 e. The van der Waals surface area contributed by atoms with Crippen molar-refractivity contribution in [1.29, 1.82) is 0 Å². The molecule has 2 nitrogen and oxygen atoms in total. The van der Waals surface area contributed by atoms with Crippen molar-refractivity contribution in [1.82, 2.24) is 0 Å². The second kappa shape index (κ2) is 8.60. The molecule has 0 bridgehead atoms. The first kappa shape index (κ1) is 16.6. The lowest BCUT2D eigenvalue weighted by Gasteiger charge is -2.19. The van der Waals surface area contributed by atoms with E-state index in [1.807, 2.05) is 12.1 Å². The summed E-state index contributed by atoms with van der Waals surface area (Å²) in [5, 5.41) is 1.88. The minimum atomic E-state index is 0.783. The summed E-state index contributed by atoms with van der Waals surface area (Å²) >= 11 is 0. The third-order valence-electron chi connectivity index (χ3n) is 3.84. The van der Waals surface area contributed by atoms with Gasteiger partial charge in [-0.2, -0.15) is 0 Å². The second-order valence-electron chi connectivity index (χ2n) is 5.81. The van der Waals surface area contributed by atoms with E-state index in [0.717, 1.165) is 18.7 Å². The Morgan fingerprint density at radius 2 is 1.64 bits per heavy atom. The highest BCUT2D eigenvalue weighted by Gasteiger charge is 2.04. The van der Waals surface area contributed by atoms with E-state index < -0.39 is 0 Å². The molecule has 0 radical (unpaired) electrons. The largest absolute Gasteiger partial charge is 0.274 e. The van der Waals surface area contributed by atoms with Gasteiger partial charge in [-0.3, -0.25) is 9.90 Å². The molecular weight excluding hydrogens is 270 g/mol. The normalized spacial score (nSPS) is 10.7. The zero-order valence-corrected chi connectivity index (χ0v) is 14.0. The molecule has 0 spiro atoms. The first-order valence-corrected chi connectivity index (χ1v) is 8.24. The summed E-state index contributed by atoms with van der Waals surface area (Å²) in [6.45, 7) is 5.13. The van der Waals surface area contributed by atoms with Crippen LogP contribution in [0, 0.1) is 6.92 Å². The molecule has 0 N–H and O–H groups in total. The van der Waals surface area contributed by atoms with Crippen molar-refractivity contribution in [2.45, 2.75) is 39.5 Å². The van der Waals surface area contributed by atoms with Crippen LogP contribution in [0.25, 0.3) is 11.1 Å². The maximum atomic E-state index is 5.82. The second-order valence-corrected chi connectivity index (χ2v) is 5.81. The molecule has 0 saturated heterocycles. The van der Waals surface area contributed by atoms with Gasteiger partial charge in [-0.15, -0.1) is 0 Å². The smallest absolute Gasteiger partial charge is 0.0748 e. The SMILES string of the molecule is CCCCCCON(C)c1cccc(-c2cccc(C)c2)c1. The van der Waals surface area contributed by atoms with Crippen LogP contribution in [0.3, 0.4) is 0 Å². The summed E-state index contributed by atoms with van der Waals surface area (Å²) < 4.78 is 0. The van der Waals surface area contributed by atoms with Crippen LogP contribution >= 0.6 is 0 Å². The number of rotatable bonds is 8. The van der Waals surface area contributed by atoms with E-state index in [1.54, 1.807) is 0 Å². The van der Waals surface area contributed by atoms with Crippen LogP contribution in [0.2, 0.25) is 0 Å². The summed E-state index contributed by atoms with van der Waals surface area (Å²) in [6, 6.07) is 17.1. The predicted molar refractivity (Wildman–Crippen MR) is 95.1 cm³/mol. The molecule has 0 aliphatic rings. The van der Waals surface area contributed by atoms with Crippen molar-refractivity contribution in [3.63, 3.8) is 0 Å². The van der Waals surface area contributed by atoms with Crippen molar-refractivity contribution < 1.29 is 4.84 Å². The molecule has 0 heterocycles. The number of anilines is 1. The van der Waals surface area contributed by atoms with Gasteiger partial charge in [0.15, 0.2) is 0 Å². The zero-order chi connectivity index (χ0) is 15.8. The van der Waals surface area contributed by atoms with Crippen molar-refractivity contribution >= 4 is 5.69 Å². The lowest BCUT2D eigenvalue weighted by atomic mass is 10.0. The number of hydroxylamine groups is 1. The van der Waals surface area contributed by atoms with Crippen LogP contribution in [0.5, 0.6) is 0 Å². The number of nitrogens with zero attached hydrogens (tertiary/aromatic N) is 1. The zero-order valence-electron chi connectivity index (χ0n) is 14.0. The number of benzene rings is 2. The molecule has 0 fully saturated rings. The Hall–Kier alpha value is -1.80. The van der Waals surface area contributed by atoms with Gasteiger partial charge in [-0.1, -0.05) is 68.1 Å². The third kappa shape index (κ3) is 4.88. The van der Waals surface area contributed by atoms with Gasteiger partial charge in [0.05, 0.1) is 12.3 Å². The average Bonchev–Trinajstić information content (AvgIpc) is 2.54. The van der Waals surface area contributed by atoms with Gasteiger partial charge >= 0.3 is 0 Å². The van der Waals surface area contributed by atoms with E-state index >= 15 is 0 Å². The molecule has 22 heavy (non-hydrogen) atoms. The molecule has 0 aliphatic carbocycles. The standard InChI is InChI=1S/C20H27NO/c1-4-5-6-7-14-22-21(3)20-13-9-12-19(16-20)18-11-8-10-17(2)15-18/h8-13,15-16H,4-7,14H2,1-3H3. The quantitative estimate of drug-likeness (QED) is 0.464. The van der Waals surface area contributed by atoms with E-state index in [-0.39, 0.29) is 0 Å². The number of hydrogen-bond donors (Lipinski definition) is 0. The number of unbranched alkanes of at least 4 members (excludes halogenated alkanes) is 3. The van der Waals surface area contributed by atoms with Crippen LogP contribution < -0.4 is 5.06 Å². The highest BCUT2D eigenvalue weighted by Crippen LogP contribution is 2.25. The fourth-order valence-electron chi connectivity index (χ4n) is 2.51. The molecule has 2 heteroatoms. The van der Waals surface area contributed by atoms with Crippen LogP contribution in [-0.2, 0) is 4.84 Å². The molecule has 0 aromatic heterocycles. The summed E-state index contributed by atoms with van der Waals surface area (Å²) in [7, 11) is 1.98. The van der Waals surface area contributed by atoms with Crippen molar-refractivity contribution in [2.24, 2.45) is 0 Å². The van der Waals surface area contributed by atoms with Gasteiger partial charge in [0.2, 0.25) is 0 Å². The highest BCUT2D eigenvalue weighted by atomic mass is 16.7. The molecule has 2 aromatic rings. The van der Waals surface area contributed by atoms with Gasteiger partial charge in [0, 0.05) is 7.05 Å². The first-order valence-electron chi connectivity index (χ1n) is 8.24. The number of aryl methyl sites for hydroxylation is 1. The van der Waals surface area contributed by atoms with Crippen molar-refractivity contribution in [3.8, 4) is 11.1 Å². The molecule has 0 aliphatic heterocycles. The fraction of sp³-hybridized carbons (Fsp3) is 0.400. The van der Waals surface area contributed by atoms with Crippen LogP contribution in [-0.4, -0.2) is 13.7 Å². The Labute approximate surface area is 134 Å². The molecule has 0 saturated carbocycles. The molecule has 2 aromatic carbocycles. The van der Waals surface area contributed by atoms with E-state index in [4.69, 9.17) is 4.84 Å². The third-order valence-corrected chi connectivity index (χ3v) is 3.84. The summed E-state index contributed by atoms with van der Waals surface area (Å²) in [5.41, 5.74) is 4.85. The van der Waals surface area contributed by atoms with E-state index in [2.05, 4.69) is 62.4 Å². The maximum Gasteiger partial charge on any atom is 0.0748 e. The van der Waals surface area contributed by atoms with Crippen molar-refractivity contribution in [3.05, 3.63) is 54.1 Å². The summed E-state index contributed by atoms with van der Waals surface area (Å²) in [4.78, 5) is 5.82. The lowest BCUT2D eigenvalue weighted by Crippen LogP contribution is -2.18. The Morgan fingerprint density at radius 1 is 0.909 bits per heavy atom. The topological polar surface area (TPSA) is 12.5 Å². The van der Waals surface area contributed by atoms with Gasteiger partial charge in [-0.05, 0) is 36.6 Å². The Morgan fingerprint density at radius 3 is 2.36 bits per heavy atom.